The summed E-state index contributed by atoms with van der Waals surface area (Å²) in [7, 11) is 1.56. The van der Waals surface area contributed by atoms with Crippen LogP contribution in [-0.2, 0) is 4.79 Å². The number of rotatable bonds is 3. The second-order valence-electron chi connectivity index (χ2n) is 5.13. The number of halogens is 1. The topological polar surface area (TPSA) is 38.3 Å². The van der Waals surface area contributed by atoms with Crippen LogP contribution >= 0.6 is 11.6 Å². The maximum Gasteiger partial charge on any atom is 0.224 e. The lowest BCUT2D eigenvalue weighted by Crippen LogP contribution is -2.19. The third-order valence-electron chi connectivity index (χ3n) is 2.13. The zero-order chi connectivity index (χ0) is 13.1. The number of ether oxygens (including phenoxy) is 1. The summed E-state index contributed by atoms with van der Waals surface area (Å²) in [6.45, 7) is 6.05. The first kappa shape index (κ1) is 13.8. The highest BCUT2D eigenvalue weighted by Crippen LogP contribution is 2.28. The Hall–Kier alpha value is -1.22. The van der Waals surface area contributed by atoms with Gasteiger partial charge in [0.15, 0.2) is 0 Å². The van der Waals surface area contributed by atoms with E-state index in [2.05, 4.69) is 5.32 Å². The molecule has 0 aromatic heterocycles. The number of carbonyl (C=O) groups is 1. The minimum Gasteiger partial charge on any atom is -0.495 e. The number of nitrogens with one attached hydrogen (secondary N) is 1. The highest BCUT2D eigenvalue weighted by atomic mass is 35.5. The molecule has 0 atom stereocenters. The van der Waals surface area contributed by atoms with E-state index >= 15 is 0 Å². The van der Waals surface area contributed by atoms with Gasteiger partial charge in [0.2, 0.25) is 5.91 Å². The molecule has 1 N–H and O–H groups in total. The van der Waals surface area contributed by atoms with Crippen LogP contribution in [0.2, 0.25) is 5.02 Å². The molecule has 0 fully saturated rings. The maximum absolute atomic E-state index is 11.8. The summed E-state index contributed by atoms with van der Waals surface area (Å²) in [4.78, 5) is 11.8. The standard InChI is InChI=1S/C13H18ClNO2/c1-13(2,3)8-12(16)15-10-7-9(14)5-6-11(10)17-4/h5-7H,8H2,1-4H3,(H,15,16). The molecule has 1 aromatic carbocycles. The Labute approximate surface area is 107 Å². The molecule has 1 aromatic rings. The lowest BCUT2D eigenvalue weighted by atomic mass is 9.92. The summed E-state index contributed by atoms with van der Waals surface area (Å²) >= 11 is 5.88. The normalized spacial score (nSPS) is 11.1. The van der Waals surface area contributed by atoms with E-state index in [0.29, 0.717) is 22.9 Å². The zero-order valence-electron chi connectivity index (χ0n) is 10.6. The molecule has 4 heteroatoms. The Balaban J connectivity index is 2.80. The van der Waals surface area contributed by atoms with Gasteiger partial charge in [-0.3, -0.25) is 4.79 Å². The molecule has 0 aliphatic heterocycles. The van der Waals surface area contributed by atoms with Gasteiger partial charge in [-0.25, -0.2) is 0 Å². The predicted molar refractivity (Wildman–Crippen MR) is 70.7 cm³/mol. The molecule has 94 valence electrons. The molecule has 3 nitrogen and oxygen atoms in total. The molecular weight excluding hydrogens is 238 g/mol. The lowest BCUT2D eigenvalue weighted by Gasteiger charge is -2.18. The minimum absolute atomic E-state index is 0.0435. The van der Waals surface area contributed by atoms with Crippen molar-refractivity contribution in [3.63, 3.8) is 0 Å². The molecule has 0 saturated heterocycles. The number of methoxy groups -OCH3 is 1. The lowest BCUT2D eigenvalue weighted by molar-refractivity contribution is -0.117. The quantitative estimate of drug-likeness (QED) is 0.894. The molecule has 1 amide bonds. The van der Waals surface area contributed by atoms with Gasteiger partial charge >= 0.3 is 0 Å². The van der Waals surface area contributed by atoms with Gasteiger partial charge in [-0.1, -0.05) is 32.4 Å². The van der Waals surface area contributed by atoms with E-state index in [-0.39, 0.29) is 11.3 Å². The average molecular weight is 256 g/mol. The van der Waals surface area contributed by atoms with Crippen molar-refractivity contribution in [1.29, 1.82) is 0 Å². The first-order valence-corrected chi connectivity index (χ1v) is 5.83. The van der Waals surface area contributed by atoms with E-state index in [9.17, 15) is 4.79 Å². The second-order valence-corrected chi connectivity index (χ2v) is 5.57. The highest BCUT2D eigenvalue weighted by molar-refractivity contribution is 6.31. The molecule has 1 rings (SSSR count). The fourth-order valence-electron chi connectivity index (χ4n) is 1.45. The van der Waals surface area contributed by atoms with E-state index in [4.69, 9.17) is 16.3 Å². The van der Waals surface area contributed by atoms with Crippen molar-refractivity contribution < 1.29 is 9.53 Å². The predicted octanol–water partition coefficient (Wildman–Crippen LogP) is 3.72. The van der Waals surface area contributed by atoms with Gasteiger partial charge < -0.3 is 10.1 Å². The number of anilines is 1. The maximum atomic E-state index is 11.8. The Kier molecular flexibility index (Phi) is 4.40. The van der Waals surface area contributed by atoms with Gasteiger partial charge in [0, 0.05) is 11.4 Å². The molecule has 0 spiro atoms. The summed E-state index contributed by atoms with van der Waals surface area (Å²) in [5.74, 6) is 0.565. The van der Waals surface area contributed by atoms with Gasteiger partial charge in [0.1, 0.15) is 5.75 Å². The van der Waals surface area contributed by atoms with Gasteiger partial charge in [-0.05, 0) is 23.6 Å². The Bertz CT molecular complexity index is 410. The largest absolute Gasteiger partial charge is 0.495 e. The SMILES string of the molecule is COc1ccc(Cl)cc1NC(=O)CC(C)(C)C. The molecular formula is C13H18ClNO2. The third-order valence-corrected chi connectivity index (χ3v) is 2.36. The van der Waals surface area contributed by atoms with E-state index in [1.807, 2.05) is 20.8 Å². The Morgan fingerprint density at radius 1 is 1.41 bits per heavy atom. The first-order chi connectivity index (χ1) is 7.81. The second kappa shape index (κ2) is 5.41. The smallest absolute Gasteiger partial charge is 0.224 e. The summed E-state index contributed by atoms with van der Waals surface area (Å²) in [5.41, 5.74) is 0.560. The van der Waals surface area contributed by atoms with Crippen molar-refractivity contribution in [3.8, 4) is 5.75 Å². The highest BCUT2D eigenvalue weighted by Gasteiger charge is 2.17. The van der Waals surface area contributed by atoms with E-state index in [0.717, 1.165) is 0 Å². The monoisotopic (exact) mass is 255 g/mol. The van der Waals surface area contributed by atoms with Crippen molar-refractivity contribution in [2.24, 2.45) is 5.41 Å². The van der Waals surface area contributed by atoms with Gasteiger partial charge in [-0.15, -0.1) is 0 Å². The Morgan fingerprint density at radius 3 is 2.59 bits per heavy atom. The van der Waals surface area contributed by atoms with Crippen LogP contribution in [0, 0.1) is 5.41 Å². The first-order valence-electron chi connectivity index (χ1n) is 5.45. The molecule has 0 aliphatic rings. The van der Waals surface area contributed by atoms with Crippen LogP contribution in [0.5, 0.6) is 5.75 Å². The summed E-state index contributed by atoms with van der Waals surface area (Å²) in [6, 6.07) is 5.13. The summed E-state index contributed by atoms with van der Waals surface area (Å²) < 4.78 is 5.16. The van der Waals surface area contributed by atoms with E-state index in [1.165, 1.54) is 0 Å². The number of amides is 1. The molecule has 0 saturated carbocycles. The zero-order valence-corrected chi connectivity index (χ0v) is 11.4. The molecule has 0 bridgehead atoms. The van der Waals surface area contributed by atoms with Crippen molar-refractivity contribution in [3.05, 3.63) is 23.2 Å². The summed E-state index contributed by atoms with van der Waals surface area (Å²) in [6.07, 6.45) is 0.447. The number of hydrogen-bond donors (Lipinski definition) is 1. The van der Waals surface area contributed by atoms with Gasteiger partial charge in [0.05, 0.1) is 12.8 Å². The number of hydrogen-bond acceptors (Lipinski definition) is 2. The Morgan fingerprint density at radius 2 is 2.06 bits per heavy atom. The van der Waals surface area contributed by atoms with Crippen molar-refractivity contribution in [2.75, 3.05) is 12.4 Å². The van der Waals surface area contributed by atoms with Gasteiger partial charge in [0.25, 0.3) is 0 Å². The van der Waals surface area contributed by atoms with Crippen LogP contribution in [0.15, 0.2) is 18.2 Å². The van der Waals surface area contributed by atoms with Crippen LogP contribution in [-0.4, -0.2) is 13.0 Å². The van der Waals surface area contributed by atoms with Crippen molar-refractivity contribution in [1.82, 2.24) is 0 Å². The average Bonchev–Trinajstić information content (AvgIpc) is 2.14. The van der Waals surface area contributed by atoms with Crippen molar-refractivity contribution >= 4 is 23.2 Å². The van der Waals surface area contributed by atoms with E-state index < -0.39 is 0 Å². The van der Waals surface area contributed by atoms with Gasteiger partial charge in [-0.2, -0.15) is 0 Å². The van der Waals surface area contributed by atoms with Crippen LogP contribution in [0.25, 0.3) is 0 Å². The fraction of sp³-hybridized carbons (Fsp3) is 0.462. The third kappa shape index (κ3) is 4.65. The molecule has 0 radical (unpaired) electrons. The van der Waals surface area contributed by atoms with Crippen LogP contribution in [0.4, 0.5) is 5.69 Å². The molecule has 0 unspecified atom stereocenters. The number of benzene rings is 1. The number of carbonyl (C=O) groups excluding carboxylic acids is 1. The minimum atomic E-state index is -0.0457. The fourth-order valence-corrected chi connectivity index (χ4v) is 1.63. The molecule has 0 aliphatic carbocycles. The molecule has 17 heavy (non-hydrogen) atoms. The molecule has 0 heterocycles. The van der Waals surface area contributed by atoms with E-state index in [1.54, 1.807) is 25.3 Å². The van der Waals surface area contributed by atoms with Crippen LogP contribution in [0.1, 0.15) is 27.2 Å². The van der Waals surface area contributed by atoms with Crippen LogP contribution < -0.4 is 10.1 Å². The van der Waals surface area contributed by atoms with Crippen molar-refractivity contribution in [2.45, 2.75) is 27.2 Å². The summed E-state index contributed by atoms with van der Waals surface area (Å²) in [5, 5.41) is 3.38. The van der Waals surface area contributed by atoms with Crippen LogP contribution in [0.3, 0.4) is 0 Å².